The Balaban J connectivity index is 1.72. The van der Waals surface area contributed by atoms with Gasteiger partial charge in [0.1, 0.15) is 0 Å². The Morgan fingerprint density at radius 3 is 2.82 bits per heavy atom. The lowest BCUT2D eigenvalue weighted by atomic mass is 9.93. The summed E-state index contributed by atoms with van der Waals surface area (Å²) in [5.74, 6) is 5.27. The van der Waals surface area contributed by atoms with Crippen molar-refractivity contribution in [2.45, 2.75) is 44.2 Å². The predicted molar refractivity (Wildman–Crippen MR) is 67.5 cm³/mol. The average molecular weight is 254 g/mol. The maximum absolute atomic E-state index is 11.8. The molecule has 94 valence electrons. The summed E-state index contributed by atoms with van der Waals surface area (Å²) in [6, 6.07) is 4.24. The SMILES string of the molecule is NOC1CCC(NC(=O)Cc2cccs2)CC1. The van der Waals surface area contributed by atoms with Gasteiger partial charge in [-0.15, -0.1) is 11.3 Å². The number of hydrogen-bond acceptors (Lipinski definition) is 4. The van der Waals surface area contributed by atoms with Gasteiger partial charge in [-0.05, 0) is 37.1 Å². The molecule has 0 unspecified atom stereocenters. The Morgan fingerprint density at radius 2 is 2.24 bits per heavy atom. The minimum absolute atomic E-state index is 0.115. The quantitative estimate of drug-likeness (QED) is 0.802. The first-order chi connectivity index (χ1) is 8.28. The van der Waals surface area contributed by atoms with E-state index in [1.807, 2.05) is 17.5 Å². The van der Waals surface area contributed by atoms with Crippen LogP contribution in [0.3, 0.4) is 0 Å². The molecule has 0 aliphatic heterocycles. The minimum Gasteiger partial charge on any atom is -0.353 e. The van der Waals surface area contributed by atoms with Crippen molar-refractivity contribution in [3.05, 3.63) is 22.4 Å². The van der Waals surface area contributed by atoms with E-state index in [1.165, 1.54) is 0 Å². The van der Waals surface area contributed by atoms with Crippen LogP contribution in [0.2, 0.25) is 0 Å². The summed E-state index contributed by atoms with van der Waals surface area (Å²) in [5.41, 5.74) is 0. The van der Waals surface area contributed by atoms with Crippen LogP contribution in [0.25, 0.3) is 0 Å². The fraction of sp³-hybridized carbons (Fsp3) is 0.583. The number of hydrogen-bond donors (Lipinski definition) is 2. The van der Waals surface area contributed by atoms with E-state index in [-0.39, 0.29) is 18.1 Å². The monoisotopic (exact) mass is 254 g/mol. The summed E-state index contributed by atoms with van der Waals surface area (Å²) < 4.78 is 0. The van der Waals surface area contributed by atoms with E-state index in [0.717, 1.165) is 30.6 Å². The molecule has 1 aromatic rings. The van der Waals surface area contributed by atoms with Crippen molar-refractivity contribution in [3.8, 4) is 0 Å². The second-order valence-electron chi connectivity index (χ2n) is 4.43. The normalized spacial score (nSPS) is 24.5. The number of amides is 1. The third-order valence-corrected chi connectivity index (χ3v) is 4.02. The number of rotatable bonds is 4. The average Bonchev–Trinajstić information content (AvgIpc) is 2.82. The molecule has 0 radical (unpaired) electrons. The lowest BCUT2D eigenvalue weighted by Gasteiger charge is -2.27. The molecule has 1 saturated carbocycles. The van der Waals surface area contributed by atoms with Crippen molar-refractivity contribution in [2.24, 2.45) is 5.90 Å². The number of carbonyl (C=O) groups excluding carboxylic acids is 1. The number of nitrogens with one attached hydrogen (secondary N) is 1. The van der Waals surface area contributed by atoms with E-state index >= 15 is 0 Å². The first-order valence-corrected chi connectivity index (χ1v) is 6.83. The maximum atomic E-state index is 11.8. The predicted octanol–water partition coefficient (Wildman–Crippen LogP) is 1.61. The highest BCUT2D eigenvalue weighted by Crippen LogP contribution is 2.20. The Morgan fingerprint density at radius 1 is 1.47 bits per heavy atom. The molecule has 3 N–H and O–H groups in total. The highest BCUT2D eigenvalue weighted by molar-refractivity contribution is 7.10. The van der Waals surface area contributed by atoms with E-state index in [2.05, 4.69) is 5.32 Å². The third-order valence-electron chi connectivity index (χ3n) is 3.15. The second-order valence-corrected chi connectivity index (χ2v) is 5.47. The van der Waals surface area contributed by atoms with Gasteiger partial charge < -0.3 is 10.2 Å². The molecule has 1 heterocycles. The van der Waals surface area contributed by atoms with Gasteiger partial charge in [0.2, 0.25) is 5.91 Å². The molecule has 1 aliphatic carbocycles. The fourth-order valence-corrected chi connectivity index (χ4v) is 2.90. The van der Waals surface area contributed by atoms with E-state index in [0.29, 0.717) is 6.42 Å². The highest BCUT2D eigenvalue weighted by Gasteiger charge is 2.22. The zero-order valence-electron chi connectivity index (χ0n) is 9.72. The lowest BCUT2D eigenvalue weighted by molar-refractivity contribution is -0.121. The summed E-state index contributed by atoms with van der Waals surface area (Å²) in [7, 11) is 0. The highest BCUT2D eigenvalue weighted by atomic mass is 32.1. The van der Waals surface area contributed by atoms with Crippen molar-refractivity contribution in [1.29, 1.82) is 0 Å². The molecule has 0 spiro atoms. The molecule has 1 amide bonds. The van der Waals surface area contributed by atoms with Crippen LogP contribution in [0.1, 0.15) is 30.6 Å². The van der Waals surface area contributed by atoms with Crippen molar-refractivity contribution in [2.75, 3.05) is 0 Å². The molecule has 17 heavy (non-hydrogen) atoms. The van der Waals surface area contributed by atoms with Crippen LogP contribution in [0.15, 0.2) is 17.5 Å². The van der Waals surface area contributed by atoms with E-state index in [1.54, 1.807) is 11.3 Å². The lowest BCUT2D eigenvalue weighted by Crippen LogP contribution is -2.40. The number of nitrogens with two attached hydrogens (primary N) is 1. The molecule has 0 aromatic carbocycles. The molecule has 0 atom stereocenters. The number of thiophene rings is 1. The van der Waals surface area contributed by atoms with Gasteiger partial charge in [-0.3, -0.25) is 4.79 Å². The maximum Gasteiger partial charge on any atom is 0.225 e. The Bertz CT molecular complexity index is 345. The molecule has 0 saturated heterocycles. The molecular weight excluding hydrogens is 236 g/mol. The van der Waals surface area contributed by atoms with Crippen molar-refractivity contribution < 1.29 is 9.63 Å². The van der Waals surface area contributed by atoms with Crippen LogP contribution >= 0.6 is 11.3 Å². The van der Waals surface area contributed by atoms with Crippen LogP contribution < -0.4 is 11.2 Å². The molecule has 1 aromatic heterocycles. The van der Waals surface area contributed by atoms with E-state index < -0.39 is 0 Å². The summed E-state index contributed by atoms with van der Waals surface area (Å²) in [4.78, 5) is 17.7. The van der Waals surface area contributed by atoms with Crippen molar-refractivity contribution in [3.63, 3.8) is 0 Å². The van der Waals surface area contributed by atoms with Crippen LogP contribution in [0.5, 0.6) is 0 Å². The van der Waals surface area contributed by atoms with Gasteiger partial charge in [-0.2, -0.15) is 0 Å². The first kappa shape index (κ1) is 12.5. The van der Waals surface area contributed by atoms with Gasteiger partial charge in [0.25, 0.3) is 0 Å². The van der Waals surface area contributed by atoms with Gasteiger partial charge in [0, 0.05) is 10.9 Å². The van der Waals surface area contributed by atoms with Gasteiger partial charge in [0.05, 0.1) is 12.5 Å². The Labute approximate surface area is 105 Å². The van der Waals surface area contributed by atoms with Crippen LogP contribution in [0.4, 0.5) is 0 Å². The Kier molecular flexibility index (Phi) is 4.53. The third kappa shape index (κ3) is 3.80. The molecule has 1 fully saturated rings. The summed E-state index contributed by atoms with van der Waals surface area (Å²) in [5, 5.41) is 5.07. The Hall–Kier alpha value is -0.910. The topological polar surface area (TPSA) is 64.3 Å². The molecule has 2 rings (SSSR count). The first-order valence-electron chi connectivity index (χ1n) is 5.95. The summed E-state index contributed by atoms with van der Waals surface area (Å²) in [6.07, 6.45) is 4.43. The van der Waals surface area contributed by atoms with Gasteiger partial charge in [-0.25, -0.2) is 5.90 Å². The van der Waals surface area contributed by atoms with Crippen molar-refractivity contribution >= 4 is 17.2 Å². The van der Waals surface area contributed by atoms with Gasteiger partial charge in [-0.1, -0.05) is 6.07 Å². The molecular formula is C12H18N2O2S. The van der Waals surface area contributed by atoms with Gasteiger partial charge in [0.15, 0.2) is 0 Å². The number of carbonyl (C=O) groups is 1. The van der Waals surface area contributed by atoms with Crippen LogP contribution in [-0.2, 0) is 16.1 Å². The van der Waals surface area contributed by atoms with Crippen molar-refractivity contribution in [1.82, 2.24) is 5.32 Å². The van der Waals surface area contributed by atoms with Crippen LogP contribution in [0, 0.1) is 0 Å². The zero-order valence-corrected chi connectivity index (χ0v) is 10.5. The standard InChI is InChI=1S/C12H18N2O2S/c13-16-10-5-3-9(4-6-10)14-12(15)8-11-2-1-7-17-11/h1-2,7,9-10H,3-6,8,13H2,(H,14,15). The smallest absolute Gasteiger partial charge is 0.225 e. The molecule has 0 bridgehead atoms. The zero-order chi connectivity index (χ0) is 12.1. The van der Waals surface area contributed by atoms with E-state index in [4.69, 9.17) is 10.7 Å². The minimum atomic E-state index is 0.115. The summed E-state index contributed by atoms with van der Waals surface area (Å²) in [6.45, 7) is 0. The molecule has 4 nitrogen and oxygen atoms in total. The van der Waals surface area contributed by atoms with E-state index in [9.17, 15) is 4.79 Å². The van der Waals surface area contributed by atoms with Gasteiger partial charge >= 0.3 is 0 Å². The largest absolute Gasteiger partial charge is 0.353 e. The van der Waals surface area contributed by atoms with Crippen LogP contribution in [-0.4, -0.2) is 18.1 Å². The summed E-state index contributed by atoms with van der Waals surface area (Å²) >= 11 is 1.62. The fourth-order valence-electron chi connectivity index (χ4n) is 2.19. The molecule has 5 heteroatoms. The molecule has 1 aliphatic rings. The second kappa shape index (κ2) is 6.14.